The van der Waals surface area contributed by atoms with Gasteiger partial charge in [0.1, 0.15) is 6.54 Å². The Bertz CT molecular complexity index is 916. The molecule has 2 aromatic rings. The molecule has 166 valence electrons. The minimum Gasteiger partial charge on any atom is -0.383 e. The van der Waals surface area contributed by atoms with Crippen molar-refractivity contribution in [2.24, 2.45) is 13.0 Å². The van der Waals surface area contributed by atoms with E-state index < -0.39 is 0 Å². The molecular weight excluding hydrogens is 394 g/mol. The molecule has 0 fully saturated rings. The molecule has 8 heteroatoms. The second-order valence-electron chi connectivity index (χ2n) is 7.82. The third kappa shape index (κ3) is 7.46. The van der Waals surface area contributed by atoms with Gasteiger partial charge in [0.15, 0.2) is 0 Å². The zero-order valence-electron chi connectivity index (χ0n) is 18.7. The molecule has 0 spiro atoms. The number of aromatic nitrogens is 1. The van der Waals surface area contributed by atoms with Crippen LogP contribution in [0, 0.1) is 17.2 Å². The number of aryl methyl sites for hydroxylation is 1. The standard InChI is InChI=1S/C23H31N5O3/c1-18(2)15-28(23(30)25-20-8-5-7-19(13-20)14-24)17-22(29)27(11-12-31-4)16-21-9-6-10-26(21)3/h5-10,13,18H,11-12,15-17H2,1-4H3,(H,25,30). The highest BCUT2D eigenvalue weighted by molar-refractivity contribution is 5.92. The molecule has 1 aromatic heterocycles. The number of ether oxygens (including phenoxy) is 1. The van der Waals surface area contributed by atoms with E-state index in [0.29, 0.717) is 37.5 Å². The Kier molecular flexibility index (Phi) is 9.10. The van der Waals surface area contributed by atoms with E-state index in [1.165, 1.54) is 4.90 Å². The number of hydrogen-bond acceptors (Lipinski definition) is 4. The molecule has 1 heterocycles. The molecule has 0 bridgehead atoms. The molecule has 0 saturated heterocycles. The van der Waals surface area contributed by atoms with Crippen LogP contribution in [-0.4, -0.2) is 59.7 Å². The lowest BCUT2D eigenvalue weighted by Gasteiger charge is -2.29. The molecule has 31 heavy (non-hydrogen) atoms. The third-order valence-electron chi connectivity index (χ3n) is 4.76. The fraction of sp³-hybridized carbons (Fsp3) is 0.435. The summed E-state index contributed by atoms with van der Waals surface area (Å²) in [5.41, 5.74) is 1.97. The van der Waals surface area contributed by atoms with Crippen molar-refractivity contribution in [3.8, 4) is 6.07 Å². The molecule has 2 rings (SSSR count). The second kappa shape index (κ2) is 11.8. The van der Waals surface area contributed by atoms with Crippen LogP contribution in [0.5, 0.6) is 0 Å². The van der Waals surface area contributed by atoms with Crippen LogP contribution in [-0.2, 0) is 23.1 Å². The maximum absolute atomic E-state index is 13.1. The van der Waals surface area contributed by atoms with Gasteiger partial charge in [0.05, 0.1) is 24.8 Å². The van der Waals surface area contributed by atoms with Gasteiger partial charge < -0.3 is 24.4 Å². The van der Waals surface area contributed by atoms with Gasteiger partial charge in [0.25, 0.3) is 0 Å². The van der Waals surface area contributed by atoms with Crippen molar-refractivity contribution in [1.29, 1.82) is 5.26 Å². The molecule has 0 atom stereocenters. The highest BCUT2D eigenvalue weighted by Gasteiger charge is 2.23. The van der Waals surface area contributed by atoms with Crippen molar-refractivity contribution in [3.63, 3.8) is 0 Å². The average Bonchev–Trinajstić information content (AvgIpc) is 3.14. The minimum absolute atomic E-state index is 0.0455. The lowest BCUT2D eigenvalue weighted by atomic mass is 10.2. The summed E-state index contributed by atoms with van der Waals surface area (Å²) in [6.45, 7) is 5.65. The topological polar surface area (TPSA) is 90.6 Å². The van der Waals surface area contributed by atoms with Crippen LogP contribution in [0.25, 0.3) is 0 Å². The molecule has 0 radical (unpaired) electrons. The van der Waals surface area contributed by atoms with E-state index in [2.05, 4.69) is 11.4 Å². The Morgan fingerprint density at radius 2 is 2.00 bits per heavy atom. The number of carbonyl (C=O) groups is 2. The molecule has 1 N–H and O–H groups in total. The van der Waals surface area contributed by atoms with Crippen molar-refractivity contribution in [1.82, 2.24) is 14.4 Å². The van der Waals surface area contributed by atoms with Gasteiger partial charge in [-0.3, -0.25) is 4.79 Å². The van der Waals surface area contributed by atoms with Crippen LogP contribution < -0.4 is 5.32 Å². The lowest BCUT2D eigenvalue weighted by molar-refractivity contribution is -0.133. The molecule has 0 aliphatic carbocycles. The highest BCUT2D eigenvalue weighted by atomic mass is 16.5. The van der Waals surface area contributed by atoms with Crippen molar-refractivity contribution < 1.29 is 14.3 Å². The number of nitrogens with zero attached hydrogens (tertiary/aromatic N) is 4. The first-order chi connectivity index (χ1) is 14.8. The Labute approximate surface area is 184 Å². The van der Waals surface area contributed by atoms with Gasteiger partial charge in [0.2, 0.25) is 5.91 Å². The minimum atomic E-state index is -0.373. The van der Waals surface area contributed by atoms with Gasteiger partial charge >= 0.3 is 6.03 Å². The Hall–Kier alpha value is -3.31. The predicted molar refractivity (Wildman–Crippen MR) is 119 cm³/mol. The molecule has 0 saturated carbocycles. The van der Waals surface area contributed by atoms with Crippen LogP contribution >= 0.6 is 0 Å². The number of benzene rings is 1. The van der Waals surface area contributed by atoms with Gasteiger partial charge in [-0.15, -0.1) is 0 Å². The number of carbonyl (C=O) groups excluding carboxylic acids is 2. The first kappa shape index (κ1) is 24.0. The van der Waals surface area contributed by atoms with Crippen LogP contribution in [0.4, 0.5) is 10.5 Å². The Morgan fingerprint density at radius 3 is 2.61 bits per heavy atom. The summed E-state index contributed by atoms with van der Waals surface area (Å²) >= 11 is 0. The van der Waals surface area contributed by atoms with Gasteiger partial charge in [-0.1, -0.05) is 19.9 Å². The third-order valence-corrected chi connectivity index (χ3v) is 4.76. The highest BCUT2D eigenvalue weighted by Crippen LogP contribution is 2.12. The second-order valence-corrected chi connectivity index (χ2v) is 7.82. The average molecular weight is 426 g/mol. The van der Waals surface area contributed by atoms with Crippen LogP contribution in [0.15, 0.2) is 42.6 Å². The number of methoxy groups -OCH3 is 1. The zero-order chi connectivity index (χ0) is 22.8. The van der Waals surface area contributed by atoms with E-state index >= 15 is 0 Å². The number of hydrogen-bond donors (Lipinski definition) is 1. The molecule has 0 aliphatic rings. The summed E-state index contributed by atoms with van der Waals surface area (Å²) in [5.74, 6) is 0.0316. The van der Waals surface area contributed by atoms with Crippen molar-refractivity contribution in [2.75, 3.05) is 38.7 Å². The summed E-state index contributed by atoms with van der Waals surface area (Å²) in [7, 11) is 3.53. The maximum Gasteiger partial charge on any atom is 0.322 e. The number of anilines is 1. The summed E-state index contributed by atoms with van der Waals surface area (Å²) < 4.78 is 7.14. The number of nitriles is 1. The SMILES string of the molecule is COCCN(Cc1cccn1C)C(=O)CN(CC(C)C)C(=O)Nc1cccc(C#N)c1. The molecule has 1 aromatic carbocycles. The number of urea groups is 1. The van der Waals surface area contributed by atoms with Gasteiger partial charge in [0, 0.05) is 44.8 Å². The van der Waals surface area contributed by atoms with Crippen molar-refractivity contribution in [2.45, 2.75) is 20.4 Å². The molecule has 8 nitrogen and oxygen atoms in total. The first-order valence-electron chi connectivity index (χ1n) is 10.3. The molecular formula is C23H31N5O3. The van der Waals surface area contributed by atoms with Crippen LogP contribution in [0.3, 0.4) is 0 Å². The monoisotopic (exact) mass is 425 g/mol. The van der Waals surface area contributed by atoms with Crippen LogP contribution in [0.1, 0.15) is 25.1 Å². The molecule has 0 aliphatic heterocycles. The fourth-order valence-corrected chi connectivity index (χ4v) is 3.14. The Morgan fingerprint density at radius 1 is 1.23 bits per heavy atom. The van der Waals surface area contributed by atoms with Gasteiger partial charge in [-0.05, 0) is 36.2 Å². The van der Waals surface area contributed by atoms with Crippen molar-refractivity contribution >= 4 is 17.6 Å². The molecule has 3 amide bonds. The lowest BCUT2D eigenvalue weighted by Crippen LogP contribution is -2.46. The zero-order valence-corrected chi connectivity index (χ0v) is 18.7. The largest absolute Gasteiger partial charge is 0.383 e. The summed E-state index contributed by atoms with van der Waals surface area (Å²) in [5, 5.41) is 11.9. The van der Waals surface area contributed by atoms with E-state index in [4.69, 9.17) is 10.00 Å². The van der Waals surface area contributed by atoms with Crippen molar-refractivity contribution in [3.05, 3.63) is 53.9 Å². The summed E-state index contributed by atoms with van der Waals surface area (Å²) in [4.78, 5) is 29.3. The number of amides is 3. The summed E-state index contributed by atoms with van der Waals surface area (Å²) in [6, 6.07) is 12.3. The smallest absolute Gasteiger partial charge is 0.322 e. The quantitative estimate of drug-likeness (QED) is 0.633. The Balaban J connectivity index is 2.13. The van der Waals surface area contributed by atoms with E-state index in [1.807, 2.05) is 43.8 Å². The van der Waals surface area contributed by atoms with Gasteiger partial charge in [-0.2, -0.15) is 5.26 Å². The van der Waals surface area contributed by atoms with E-state index in [9.17, 15) is 9.59 Å². The maximum atomic E-state index is 13.1. The van der Waals surface area contributed by atoms with Crippen LogP contribution in [0.2, 0.25) is 0 Å². The first-order valence-corrected chi connectivity index (χ1v) is 10.3. The normalized spacial score (nSPS) is 10.6. The molecule has 0 unspecified atom stereocenters. The van der Waals surface area contributed by atoms with E-state index in [0.717, 1.165) is 5.69 Å². The number of rotatable bonds is 10. The predicted octanol–water partition coefficient (Wildman–Crippen LogP) is 3.06. The van der Waals surface area contributed by atoms with E-state index in [1.54, 1.807) is 36.3 Å². The summed E-state index contributed by atoms with van der Waals surface area (Å²) in [6.07, 6.45) is 1.93. The van der Waals surface area contributed by atoms with Gasteiger partial charge in [-0.25, -0.2) is 4.79 Å². The number of nitrogens with one attached hydrogen (secondary N) is 1. The van der Waals surface area contributed by atoms with E-state index in [-0.39, 0.29) is 24.4 Å². The fourth-order valence-electron chi connectivity index (χ4n) is 3.14.